The van der Waals surface area contributed by atoms with E-state index in [0.29, 0.717) is 41.4 Å². The van der Waals surface area contributed by atoms with Crippen LogP contribution in [0, 0.1) is 0 Å². The molecule has 37 heavy (non-hydrogen) atoms. The maximum atomic E-state index is 13.4. The lowest BCUT2D eigenvalue weighted by atomic mass is 10.2. The van der Waals surface area contributed by atoms with Gasteiger partial charge in [0, 0.05) is 54.2 Å². The molecular formula is C26H28ClN7O2S. The fourth-order valence-corrected chi connectivity index (χ4v) is 5.84. The average Bonchev–Trinajstić information content (AvgIpc) is 3.65. The molecule has 0 radical (unpaired) electrons. The summed E-state index contributed by atoms with van der Waals surface area (Å²) in [6.07, 6.45) is 4.02. The van der Waals surface area contributed by atoms with Gasteiger partial charge in [-0.2, -0.15) is 4.98 Å². The number of fused-ring (bicyclic) bond motifs is 1. The summed E-state index contributed by atoms with van der Waals surface area (Å²) in [7, 11) is 0. The Labute approximate surface area is 223 Å². The molecule has 0 atom stereocenters. The van der Waals surface area contributed by atoms with Gasteiger partial charge >= 0.3 is 0 Å². The third-order valence-corrected chi connectivity index (χ3v) is 7.83. The Morgan fingerprint density at radius 3 is 2.81 bits per heavy atom. The zero-order valence-corrected chi connectivity index (χ0v) is 22.1. The first-order valence-corrected chi connectivity index (χ1v) is 13.8. The van der Waals surface area contributed by atoms with E-state index in [0.717, 1.165) is 66.4 Å². The summed E-state index contributed by atoms with van der Waals surface area (Å²) < 4.78 is 7.33. The summed E-state index contributed by atoms with van der Waals surface area (Å²) in [5.41, 5.74) is 5.09. The minimum Gasteiger partial charge on any atom is -0.488 e. The number of halogens is 1. The molecule has 0 amide bonds. The molecule has 0 bridgehead atoms. The third-order valence-electron chi connectivity index (χ3n) is 6.69. The van der Waals surface area contributed by atoms with Crippen LogP contribution in [0.2, 0.25) is 5.02 Å². The van der Waals surface area contributed by atoms with Crippen LogP contribution in [0.4, 0.5) is 17.3 Å². The van der Waals surface area contributed by atoms with Gasteiger partial charge in [-0.15, -0.1) is 11.3 Å². The van der Waals surface area contributed by atoms with Gasteiger partial charge in [0.05, 0.1) is 35.1 Å². The second-order valence-corrected chi connectivity index (χ2v) is 10.6. The predicted octanol–water partition coefficient (Wildman–Crippen LogP) is 4.38. The highest BCUT2D eigenvalue weighted by Crippen LogP contribution is 2.42. The van der Waals surface area contributed by atoms with E-state index >= 15 is 0 Å². The van der Waals surface area contributed by atoms with Crippen molar-refractivity contribution in [2.75, 3.05) is 43.0 Å². The molecule has 4 aromatic rings. The summed E-state index contributed by atoms with van der Waals surface area (Å²) in [6, 6.07) is 7.60. The van der Waals surface area contributed by atoms with E-state index in [9.17, 15) is 4.79 Å². The van der Waals surface area contributed by atoms with Crippen LogP contribution in [0.1, 0.15) is 36.3 Å². The number of nitrogens with one attached hydrogen (secondary N) is 2. The van der Waals surface area contributed by atoms with Crippen LogP contribution in [-0.4, -0.2) is 52.3 Å². The summed E-state index contributed by atoms with van der Waals surface area (Å²) in [6.45, 7) is 6.39. The molecule has 192 valence electrons. The number of hydrogen-bond donors (Lipinski definition) is 2. The Kier molecular flexibility index (Phi) is 6.71. The molecular weight excluding hydrogens is 510 g/mol. The lowest BCUT2D eigenvalue weighted by molar-refractivity contribution is 0.333. The van der Waals surface area contributed by atoms with Crippen molar-refractivity contribution in [1.29, 1.82) is 0 Å². The quantitative estimate of drug-likeness (QED) is 0.342. The largest absolute Gasteiger partial charge is 0.488 e. The van der Waals surface area contributed by atoms with Crippen LogP contribution in [-0.2, 0) is 6.54 Å². The van der Waals surface area contributed by atoms with Crippen molar-refractivity contribution in [3.8, 4) is 5.75 Å². The average molecular weight is 538 g/mol. The summed E-state index contributed by atoms with van der Waals surface area (Å²) >= 11 is 8.21. The third kappa shape index (κ3) is 5.01. The Morgan fingerprint density at radius 1 is 1.22 bits per heavy atom. The highest BCUT2D eigenvalue weighted by atomic mass is 35.5. The second kappa shape index (κ2) is 10.3. The molecule has 11 heteroatoms. The lowest BCUT2D eigenvalue weighted by Gasteiger charge is -2.30. The van der Waals surface area contributed by atoms with E-state index in [1.165, 1.54) is 0 Å². The van der Waals surface area contributed by atoms with Crippen LogP contribution in [0.25, 0.3) is 11.0 Å². The molecule has 2 fully saturated rings. The van der Waals surface area contributed by atoms with Crippen molar-refractivity contribution in [2.45, 2.75) is 32.2 Å². The smallest absolute Gasteiger partial charge is 0.294 e. The van der Waals surface area contributed by atoms with Gasteiger partial charge in [-0.3, -0.25) is 9.36 Å². The number of aromatic nitrogens is 4. The monoisotopic (exact) mass is 537 g/mol. The van der Waals surface area contributed by atoms with Crippen molar-refractivity contribution >= 4 is 51.3 Å². The number of hydrogen-bond acceptors (Lipinski definition) is 9. The summed E-state index contributed by atoms with van der Waals surface area (Å²) in [4.78, 5) is 30.6. The summed E-state index contributed by atoms with van der Waals surface area (Å²) in [5.74, 6) is 1.19. The molecule has 0 unspecified atom stereocenters. The minimum absolute atomic E-state index is 0.211. The molecule has 1 aliphatic carbocycles. The van der Waals surface area contributed by atoms with Crippen LogP contribution in [0.15, 0.2) is 40.8 Å². The first-order chi connectivity index (χ1) is 18.1. The van der Waals surface area contributed by atoms with E-state index in [4.69, 9.17) is 21.3 Å². The molecule has 2 N–H and O–H groups in total. The fraction of sp³-hybridized carbons (Fsp3) is 0.385. The number of rotatable bonds is 8. The van der Waals surface area contributed by atoms with Gasteiger partial charge in [-0.05, 0) is 44.0 Å². The van der Waals surface area contributed by atoms with Gasteiger partial charge in [-0.1, -0.05) is 11.6 Å². The molecule has 1 saturated carbocycles. The van der Waals surface area contributed by atoms with Gasteiger partial charge in [0.2, 0.25) is 5.95 Å². The molecule has 0 spiro atoms. The van der Waals surface area contributed by atoms with Crippen LogP contribution in [0.3, 0.4) is 0 Å². The molecule has 3 aromatic heterocycles. The second-order valence-electron chi connectivity index (χ2n) is 9.27. The Balaban J connectivity index is 1.34. The SMILES string of the molecule is CCOc1cc2cnc(Nc3ccc(N4CCNCC4)c(Cl)c3)nc2n(Cc2scnc2C2CC2)c1=O. The van der Waals surface area contributed by atoms with E-state index in [1.807, 2.05) is 30.6 Å². The maximum Gasteiger partial charge on any atom is 0.294 e. The van der Waals surface area contributed by atoms with Gasteiger partial charge in [0.15, 0.2) is 5.75 Å². The van der Waals surface area contributed by atoms with Crippen molar-refractivity contribution < 1.29 is 4.74 Å². The van der Waals surface area contributed by atoms with Gasteiger partial charge in [0.1, 0.15) is 5.65 Å². The maximum absolute atomic E-state index is 13.4. The van der Waals surface area contributed by atoms with Gasteiger partial charge < -0.3 is 20.3 Å². The Bertz CT molecular complexity index is 1490. The number of thiazole rings is 1. The topological polar surface area (TPSA) is 97.2 Å². The van der Waals surface area contributed by atoms with Crippen LogP contribution >= 0.6 is 22.9 Å². The number of pyridine rings is 1. The van der Waals surface area contributed by atoms with Crippen LogP contribution in [0.5, 0.6) is 5.75 Å². The number of anilines is 3. The van der Waals surface area contributed by atoms with E-state index < -0.39 is 0 Å². The standard InChI is InChI=1S/C26H28ClN7O2S/c1-2-36-21-11-17-13-29-26(31-18-5-6-20(19(27)12-18)33-9-7-28-8-10-33)32-24(17)34(25(21)35)14-22-23(16-3-4-16)30-15-37-22/h5-6,11-13,15-16,28H,2-4,7-10,14H2,1H3,(H,29,31,32). The molecule has 1 aliphatic heterocycles. The molecule has 6 rings (SSSR count). The van der Waals surface area contributed by atoms with Gasteiger partial charge in [0.25, 0.3) is 5.56 Å². The fourth-order valence-electron chi connectivity index (χ4n) is 4.70. The number of nitrogens with zero attached hydrogens (tertiary/aromatic N) is 5. The summed E-state index contributed by atoms with van der Waals surface area (Å²) in [5, 5.41) is 8.02. The highest BCUT2D eigenvalue weighted by Gasteiger charge is 2.29. The van der Waals surface area contributed by atoms with E-state index in [2.05, 4.69) is 25.5 Å². The number of benzene rings is 1. The van der Waals surface area contributed by atoms with E-state index in [-0.39, 0.29) is 5.56 Å². The molecule has 2 aliphatic rings. The van der Waals surface area contributed by atoms with Crippen molar-refractivity contribution in [2.24, 2.45) is 0 Å². The lowest BCUT2D eigenvalue weighted by Crippen LogP contribution is -2.43. The van der Waals surface area contributed by atoms with Crippen LogP contribution < -0.4 is 25.8 Å². The number of piperazine rings is 1. The zero-order chi connectivity index (χ0) is 25.4. The van der Waals surface area contributed by atoms with E-state index in [1.54, 1.807) is 28.2 Å². The first-order valence-electron chi connectivity index (χ1n) is 12.6. The number of ether oxygens (including phenoxy) is 1. The highest BCUT2D eigenvalue weighted by molar-refractivity contribution is 7.09. The van der Waals surface area contributed by atoms with Gasteiger partial charge in [-0.25, -0.2) is 9.97 Å². The molecule has 1 saturated heterocycles. The Hall–Kier alpha value is -3.21. The molecule has 4 heterocycles. The van der Waals surface area contributed by atoms with Crippen molar-refractivity contribution in [1.82, 2.24) is 24.8 Å². The molecule has 1 aromatic carbocycles. The first kappa shape index (κ1) is 24.1. The zero-order valence-electron chi connectivity index (χ0n) is 20.5. The predicted molar refractivity (Wildman–Crippen MR) is 148 cm³/mol. The molecule has 9 nitrogen and oxygen atoms in total. The Morgan fingerprint density at radius 2 is 2.05 bits per heavy atom. The normalized spacial score (nSPS) is 15.8. The minimum atomic E-state index is -0.211. The van der Waals surface area contributed by atoms with Crippen molar-refractivity contribution in [3.05, 3.63) is 61.9 Å². The van der Waals surface area contributed by atoms with Crippen molar-refractivity contribution in [3.63, 3.8) is 0 Å².